The first-order valence-corrected chi connectivity index (χ1v) is 8.03. The summed E-state index contributed by atoms with van der Waals surface area (Å²) < 4.78 is 0. The van der Waals surface area contributed by atoms with Gasteiger partial charge in [0.25, 0.3) is 5.91 Å². The third-order valence-corrected chi connectivity index (χ3v) is 5.55. The van der Waals surface area contributed by atoms with Crippen molar-refractivity contribution < 1.29 is 4.79 Å². The van der Waals surface area contributed by atoms with E-state index in [-0.39, 0.29) is 11.3 Å². The van der Waals surface area contributed by atoms with Gasteiger partial charge in [-0.3, -0.25) is 4.79 Å². The Bertz CT molecular complexity index is 413. The second-order valence-electron chi connectivity index (χ2n) is 4.97. The molecule has 0 aromatic carbocycles. The Morgan fingerprint density at radius 3 is 2.67 bits per heavy atom. The minimum atomic E-state index is -0.0786. The minimum Gasteiger partial charge on any atom is -0.351 e. The molecule has 0 bridgehead atoms. The van der Waals surface area contributed by atoms with Crippen molar-refractivity contribution in [2.24, 2.45) is 5.41 Å². The van der Waals surface area contributed by atoms with Gasteiger partial charge in [0.1, 0.15) is 4.88 Å². The molecule has 18 heavy (non-hydrogen) atoms. The summed E-state index contributed by atoms with van der Waals surface area (Å²) in [5.74, 6) is 0.538. The first kappa shape index (κ1) is 14.2. The van der Waals surface area contributed by atoms with Gasteiger partial charge in [0.05, 0.1) is 5.02 Å². The molecule has 0 aliphatic heterocycles. The standard InChI is InChI=1S/C13H17Cl2NOS/c14-8-13(5-2-1-3-6-13)9-16-12(17)11-10(15)4-7-18-11/h4,7H,1-3,5-6,8-9H2,(H,16,17). The summed E-state index contributed by atoms with van der Waals surface area (Å²) in [6.07, 6.45) is 5.91. The Balaban J connectivity index is 1.94. The van der Waals surface area contributed by atoms with E-state index in [2.05, 4.69) is 5.32 Å². The summed E-state index contributed by atoms with van der Waals surface area (Å²) >= 11 is 13.4. The number of rotatable bonds is 4. The lowest BCUT2D eigenvalue weighted by molar-refractivity contribution is 0.0925. The summed E-state index contributed by atoms with van der Waals surface area (Å²) in [6.45, 7) is 0.656. The molecular formula is C13H17Cl2NOS. The molecule has 1 saturated carbocycles. The number of alkyl halides is 1. The lowest BCUT2D eigenvalue weighted by Gasteiger charge is -2.35. The second kappa shape index (κ2) is 6.27. The van der Waals surface area contributed by atoms with Crippen molar-refractivity contribution in [2.75, 3.05) is 12.4 Å². The average molecular weight is 306 g/mol. The fraction of sp³-hybridized carbons (Fsp3) is 0.615. The number of carbonyl (C=O) groups is 1. The van der Waals surface area contributed by atoms with Crippen LogP contribution < -0.4 is 5.32 Å². The number of carbonyl (C=O) groups excluding carboxylic acids is 1. The van der Waals surface area contributed by atoms with Gasteiger partial charge in [0.2, 0.25) is 0 Å². The topological polar surface area (TPSA) is 29.1 Å². The molecule has 1 aromatic heterocycles. The number of nitrogens with one attached hydrogen (secondary N) is 1. The highest BCUT2D eigenvalue weighted by atomic mass is 35.5. The third-order valence-electron chi connectivity index (χ3n) is 3.65. The molecule has 0 saturated heterocycles. The van der Waals surface area contributed by atoms with Gasteiger partial charge < -0.3 is 5.32 Å². The van der Waals surface area contributed by atoms with E-state index in [9.17, 15) is 4.79 Å². The van der Waals surface area contributed by atoms with Crippen LogP contribution in [0.2, 0.25) is 5.02 Å². The molecule has 1 heterocycles. The Morgan fingerprint density at radius 2 is 2.11 bits per heavy atom. The van der Waals surface area contributed by atoms with E-state index in [0.717, 1.165) is 12.8 Å². The molecule has 0 spiro atoms. The van der Waals surface area contributed by atoms with E-state index in [4.69, 9.17) is 23.2 Å². The zero-order chi connectivity index (χ0) is 13.0. The van der Waals surface area contributed by atoms with Gasteiger partial charge in [-0.05, 0) is 24.3 Å². The van der Waals surface area contributed by atoms with Crippen LogP contribution in [-0.4, -0.2) is 18.3 Å². The van der Waals surface area contributed by atoms with Crippen LogP contribution in [0.3, 0.4) is 0 Å². The summed E-state index contributed by atoms with van der Waals surface area (Å²) in [5.41, 5.74) is 0.0825. The molecule has 0 radical (unpaired) electrons. The van der Waals surface area contributed by atoms with Crippen LogP contribution in [-0.2, 0) is 0 Å². The normalized spacial score (nSPS) is 18.6. The molecule has 1 N–H and O–H groups in total. The molecule has 1 fully saturated rings. The number of thiophene rings is 1. The van der Waals surface area contributed by atoms with E-state index < -0.39 is 0 Å². The van der Waals surface area contributed by atoms with Crippen LogP contribution in [0.1, 0.15) is 41.8 Å². The quantitative estimate of drug-likeness (QED) is 0.825. The van der Waals surface area contributed by atoms with Crippen LogP contribution in [0.5, 0.6) is 0 Å². The third kappa shape index (κ3) is 3.19. The van der Waals surface area contributed by atoms with Crippen LogP contribution >= 0.6 is 34.5 Å². The van der Waals surface area contributed by atoms with Crippen molar-refractivity contribution in [2.45, 2.75) is 32.1 Å². The fourth-order valence-electron chi connectivity index (χ4n) is 2.46. The first-order chi connectivity index (χ1) is 8.67. The van der Waals surface area contributed by atoms with E-state index in [0.29, 0.717) is 22.3 Å². The van der Waals surface area contributed by atoms with Gasteiger partial charge in [0.15, 0.2) is 0 Å². The smallest absolute Gasteiger partial charge is 0.262 e. The summed E-state index contributed by atoms with van der Waals surface area (Å²) in [6, 6.07) is 1.75. The number of amides is 1. The maximum absolute atomic E-state index is 12.0. The maximum atomic E-state index is 12.0. The predicted octanol–water partition coefficient (Wildman–Crippen LogP) is 4.32. The van der Waals surface area contributed by atoms with E-state index >= 15 is 0 Å². The molecule has 2 rings (SSSR count). The minimum absolute atomic E-state index is 0.0786. The molecule has 1 aliphatic carbocycles. The average Bonchev–Trinajstić information content (AvgIpc) is 2.83. The van der Waals surface area contributed by atoms with Crippen LogP contribution in [0.4, 0.5) is 0 Å². The molecule has 1 amide bonds. The molecule has 100 valence electrons. The van der Waals surface area contributed by atoms with Crippen molar-refractivity contribution in [3.63, 3.8) is 0 Å². The fourth-order valence-corrected chi connectivity index (χ4v) is 3.88. The highest BCUT2D eigenvalue weighted by molar-refractivity contribution is 7.12. The summed E-state index contributed by atoms with van der Waals surface area (Å²) in [4.78, 5) is 12.6. The molecule has 2 nitrogen and oxygen atoms in total. The van der Waals surface area contributed by atoms with Crippen molar-refractivity contribution in [3.05, 3.63) is 21.3 Å². The number of hydrogen-bond acceptors (Lipinski definition) is 2. The second-order valence-corrected chi connectivity index (χ2v) is 6.57. The summed E-state index contributed by atoms with van der Waals surface area (Å²) in [5, 5.41) is 5.35. The lowest BCUT2D eigenvalue weighted by Crippen LogP contribution is -2.40. The Morgan fingerprint density at radius 1 is 1.39 bits per heavy atom. The maximum Gasteiger partial charge on any atom is 0.262 e. The Hall–Kier alpha value is -0.250. The van der Waals surface area contributed by atoms with Gasteiger partial charge >= 0.3 is 0 Å². The molecule has 1 aliphatic rings. The van der Waals surface area contributed by atoms with Gasteiger partial charge in [-0.25, -0.2) is 0 Å². The van der Waals surface area contributed by atoms with Gasteiger partial charge in [0, 0.05) is 17.8 Å². The van der Waals surface area contributed by atoms with E-state index in [1.54, 1.807) is 6.07 Å². The molecule has 0 unspecified atom stereocenters. The molecular weight excluding hydrogens is 289 g/mol. The lowest BCUT2D eigenvalue weighted by atomic mass is 9.75. The van der Waals surface area contributed by atoms with E-state index in [1.807, 2.05) is 5.38 Å². The monoisotopic (exact) mass is 305 g/mol. The Labute approximate surface area is 122 Å². The Kier molecular flexibility index (Phi) is 4.93. The highest BCUT2D eigenvalue weighted by Gasteiger charge is 2.31. The van der Waals surface area contributed by atoms with Crippen molar-refractivity contribution in [1.82, 2.24) is 5.32 Å². The van der Waals surface area contributed by atoms with Gasteiger partial charge in [-0.2, -0.15) is 0 Å². The van der Waals surface area contributed by atoms with Crippen molar-refractivity contribution >= 4 is 40.4 Å². The zero-order valence-electron chi connectivity index (χ0n) is 10.2. The highest BCUT2D eigenvalue weighted by Crippen LogP contribution is 2.36. The molecule has 0 atom stereocenters. The largest absolute Gasteiger partial charge is 0.351 e. The van der Waals surface area contributed by atoms with Crippen molar-refractivity contribution in [3.8, 4) is 0 Å². The predicted molar refractivity (Wildman–Crippen MR) is 77.9 cm³/mol. The van der Waals surface area contributed by atoms with Crippen molar-refractivity contribution in [1.29, 1.82) is 0 Å². The van der Waals surface area contributed by atoms with Crippen LogP contribution in [0.25, 0.3) is 0 Å². The number of hydrogen-bond donors (Lipinski definition) is 1. The number of halogens is 2. The molecule has 5 heteroatoms. The summed E-state index contributed by atoms with van der Waals surface area (Å²) in [7, 11) is 0. The van der Waals surface area contributed by atoms with Gasteiger partial charge in [-0.1, -0.05) is 30.9 Å². The first-order valence-electron chi connectivity index (χ1n) is 6.24. The van der Waals surface area contributed by atoms with E-state index in [1.165, 1.54) is 30.6 Å². The van der Waals surface area contributed by atoms with Crippen LogP contribution in [0.15, 0.2) is 11.4 Å². The SMILES string of the molecule is O=C(NCC1(CCl)CCCCC1)c1sccc1Cl. The van der Waals surface area contributed by atoms with Gasteiger partial charge in [-0.15, -0.1) is 22.9 Å². The van der Waals surface area contributed by atoms with Crippen LogP contribution in [0, 0.1) is 5.41 Å². The zero-order valence-corrected chi connectivity index (χ0v) is 12.5. The molecule has 1 aromatic rings.